The summed E-state index contributed by atoms with van der Waals surface area (Å²) in [6, 6.07) is -1.56. The topological polar surface area (TPSA) is 194 Å². The van der Waals surface area contributed by atoms with E-state index in [9.17, 15) is 29.1 Å². The Hall–Kier alpha value is -3.18. The Kier molecular flexibility index (Phi) is 10.8. The van der Waals surface area contributed by atoms with Crippen molar-refractivity contribution < 1.29 is 43.3 Å². The third-order valence-corrected chi connectivity index (χ3v) is 2.87. The summed E-state index contributed by atoms with van der Waals surface area (Å²) >= 11 is 0. The molecular formula is C14H20N4O9. The van der Waals surface area contributed by atoms with E-state index in [1.165, 1.54) is 0 Å². The van der Waals surface area contributed by atoms with Gasteiger partial charge >= 0.3 is 17.9 Å². The molecule has 0 bridgehead atoms. The van der Waals surface area contributed by atoms with Crippen LogP contribution in [0.25, 0.3) is 10.4 Å². The van der Waals surface area contributed by atoms with Gasteiger partial charge in [-0.2, -0.15) is 0 Å². The second kappa shape index (κ2) is 12.2. The Morgan fingerprint density at radius 1 is 1.11 bits per heavy atom. The van der Waals surface area contributed by atoms with E-state index in [2.05, 4.69) is 20.1 Å². The third-order valence-electron chi connectivity index (χ3n) is 2.87. The summed E-state index contributed by atoms with van der Waals surface area (Å²) in [6.45, 7) is 1.76. The van der Waals surface area contributed by atoms with E-state index in [1.807, 2.05) is 0 Å². The molecule has 0 fully saturated rings. The quantitative estimate of drug-likeness (QED) is 0.109. The van der Waals surface area contributed by atoms with Crippen molar-refractivity contribution in [2.75, 3.05) is 13.2 Å². The maximum Gasteiger partial charge on any atom is 0.303 e. The molecule has 0 aliphatic heterocycles. The van der Waals surface area contributed by atoms with E-state index in [-0.39, 0.29) is 6.29 Å². The number of carbonyl (C=O) groups is 5. The fourth-order valence-electron chi connectivity index (χ4n) is 1.91. The van der Waals surface area contributed by atoms with Gasteiger partial charge in [0.15, 0.2) is 12.2 Å². The molecule has 0 aromatic carbocycles. The number of nitrogens with zero attached hydrogens (tertiary/aromatic N) is 3. The summed E-state index contributed by atoms with van der Waals surface area (Å²) in [6.07, 6.45) is -4.81. The number of hydrogen-bond donors (Lipinski definition) is 2. The van der Waals surface area contributed by atoms with Gasteiger partial charge in [0, 0.05) is 25.7 Å². The van der Waals surface area contributed by atoms with Crippen molar-refractivity contribution in [3.8, 4) is 0 Å². The second-order valence-corrected chi connectivity index (χ2v) is 5.14. The van der Waals surface area contributed by atoms with Crippen LogP contribution in [0.4, 0.5) is 0 Å². The van der Waals surface area contributed by atoms with Gasteiger partial charge in [-0.05, 0) is 5.53 Å². The van der Waals surface area contributed by atoms with Gasteiger partial charge in [-0.1, -0.05) is 5.11 Å². The normalized spacial score (nSPS) is 14.4. The number of aliphatic hydroxyl groups excluding tert-OH is 1. The van der Waals surface area contributed by atoms with Crippen LogP contribution in [-0.4, -0.2) is 72.7 Å². The standard InChI is InChI=1S/C14H20N4O9/c1-7(20)25-6-11(23)14(27-9(3)22)13(26-8(2)21)10(5-19)17-12(24)4-16-18-15/h5,10-11,13-14,23H,4,6H2,1-3H3,(H,17,24)/t10-,11+,13+,14-/m0/s1. The van der Waals surface area contributed by atoms with Crippen molar-refractivity contribution >= 4 is 30.1 Å². The molecule has 0 spiro atoms. The zero-order valence-electron chi connectivity index (χ0n) is 14.9. The summed E-state index contributed by atoms with van der Waals surface area (Å²) in [7, 11) is 0. The van der Waals surface area contributed by atoms with E-state index in [1.54, 1.807) is 0 Å². The average Bonchev–Trinajstić information content (AvgIpc) is 2.58. The lowest BCUT2D eigenvalue weighted by Crippen LogP contribution is -2.57. The highest BCUT2D eigenvalue weighted by Gasteiger charge is 2.40. The smallest absolute Gasteiger partial charge is 0.303 e. The molecule has 0 aliphatic carbocycles. The Bertz CT molecular complexity index is 618. The van der Waals surface area contributed by atoms with Crippen molar-refractivity contribution in [2.24, 2.45) is 5.11 Å². The van der Waals surface area contributed by atoms with Crippen molar-refractivity contribution in [3.05, 3.63) is 10.4 Å². The van der Waals surface area contributed by atoms with Crippen LogP contribution in [0, 0.1) is 0 Å². The minimum Gasteiger partial charge on any atom is -0.463 e. The Morgan fingerprint density at radius 3 is 2.11 bits per heavy atom. The second-order valence-electron chi connectivity index (χ2n) is 5.14. The lowest BCUT2D eigenvalue weighted by Gasteiger charge is -2.32. The first kappa shape index (κ1) is 23.8. The predicted octanol–water partition coefficient (Wildman–Crippen LogP) is -1.23. The van der Waals surface area contributed by atoms with Gasteiger partial charge in [-0.15, -0.1) is 0 Å². The van der Waals surface area contributed by atoms with Crippen LogP contribution in [0.1, 0.15) is 20.8 Å². The molecule has 0 aromatic heterocycles. The van der Waals surface area contributed by atoms with Crippen LogP contribution >= 0.6 is 0 Å². The van der Waals surface area contributed by atoms with Crippen LogP contribution in [0.2, 0.25) is 0 Å². The van der Waals surface area contributed by atoms with E-state index in [0.29, 0.717) is 0 Å². The molecule has 0 saturated carbocycles. The summed E-state index contributed by atoms with van der Waals surface area (Å²) in [5.74, 6) is -3.44. The maximum absolute atomic E-state index is 11.7. The number of carbonyl (C=O) groups excluding carboxylic acids is 5. The zero-order chi connectivity index (χ0) is 21.0. The lowest BCUT2D eigenvalue weighted by molar-refractivity contribution is -0.182. The molecule has 0 heterocycles. The molecule has 0 aromatic rings. The fourth-order valence-corrected chi connectivity index (χ4v) is 1.91. The van der Waals surface area contributed by atoms with Gasteiger partial charge < -0.3 is 29.4 Å². The van der Waals surface area contributed by atoms with E-state index in [4.69, 9.17) is 15.0 Å². The highest BCUT2D eigenvalue weighted by Crippen LogP contribution is 2.15. The number of nitrogens with one attached hydrogen (secondary N) is 1. The largest absolute Gasteiger partial charge is 0.463 e. The van der Waals surface area contributed by atoms with Gasteiger partial charge in [0.1, 0.15) is 31.6 Å². The van der Waals surface area contributed by atoms with E-state index in [0.717, 1.165) is 20.8 Å². The van der Waals surface area contributed by atoms with Gasteiger partial charge in [-0.3, -0.25) is 19.2 Å². The average molecular weight is 388 g/mol. The Morgan fingerprint density at radius 2 is 1.67 bits per heavy atom. The molecule has 4 atom stereocenters. The van der Waals surface area contributed by atoms with Crippen LogP contribution in [0.15, 0.2) is 5.11 Å². The van der Waals surface area contributed by atoms with Gasteiger partial charge in [0.2, 0.25) is 5.91 Å². The van der Waals surface area contributed by atoms with Gasteiger partial charge in [0.25, 0.3) is 0 Å². The number of ether oxygens (including phenoxy) is 3. The van der Waals surface area contributed by atoms with Crippen molar-refractivity contribution in [2.45, 2.75) is 45.1 Å². The maximum atomic E-state index is 11.7. The van der Waals surface area contributed by atoms with Crippen LogP contribution in [0.5, 0.6) is 0 Å². The van der Waals surface area contributed by atoms with E-state index >= 15 is 0 Å². The highest BCUT2D eigenvalue weighted by atomic mass is 16.6. The molecule has 13 heteroatoms. The molecule has 0 rings (SSSR count). The molecule has 13 nitrogen and oxygen atoms in total. The molecule has 150 valence electrons. The lowest BCUT2D eigenvalue weighted by atomic mass is 10.0. The molecule has 2 N–H and O–H groups in total. The fraction of sp³-hybridized carbons (Fsp3) is 0.643. The molecule has 0 radical (unpaired) electrons. The number of hydrogen-bond acceptors (Lipinski definition) is 10. The molecule has 1 amide bonds. The van der Waals surface area contributed by atoms with Gasteiger partial charge in [-0.25, -0.2) is 0 Å². The number of rotatable bonds is 11. The number of esters is 3. The number of azide groups is 1. The monoisotopic (exact) mass is 388 g/mol. The van der Waals surface area contributed by atoms with E-state index < -0.39 is 61.3 Å². The van der Waals surface area contributed by atoms with Crippen LogP contribution in [0.3, 0.4) is 0 Å². The molecule has 27 heavy (non-hydrogen) atoms. The summed E-state index contributed by atoms with van der Waals surface area (Å²) < 4.78 is 14.5. The molecule has 0 unspecified atom stereocenters. The van der Waals surface area contributed by atoms with Crippen LogP contribution < -0.4 is 5.32 Å². The van der Waals surface area contributed by atoms with Crippen LogP contribution in [-0.2, 0) is 38.2 Å². The molecule has 0 aliphatic rings. The number of amides is 1. The highest BCUT2D eigenvalue weighted by molar-refractivity contribution is 5.82. The minimum absolute atomic E-state index is 0.177. The Balaban J connectivity index is 5.64. The first-order valence-electron chi connectivity index (χ1n) is 7.53. The van der Waals surface area contributed by atoms with Crippen molar-refractivity contribution in [1.29, 1.82) is 0 Å². The van der Waals surface area contributed by atoms with Gasteiger partial charge in [0.05, 0.1) is 0 Å². The summed E-state index contributed by atoms with van der Waals surface area (Å²) in [5.41, 5.74) is 8.21. The summed E-state index contributed by atoms with van der Waals surface area (Å²) in [4.78, 5) is 59.1. The summed E-state index contributed by atoms with van der Waals surface area (Å²) in [5, 5.41) is 15.3. The third kappa shape index (κ3) is 9.77. The molecular weight excluding hydrogens is 368 g/mol. The zero-order valence-corrected chi connectivity index (χ0v) is 14.9. The number of aliphatic hydroxyl groups is 1. The minimum atomic E-state index is -1.68. The van der Waals surface area contributed by atoms with Crippen molar-refractivity contribution in [1.82, 2.24) is 5.32 Å². The predicted molar refractivity (Wildman–Crippen MR) is 85.8 cm³/mol. The Labute approximate surface area is 153 Å². The van der Waals surface area contributed by atoms with Crippen molar-refractivity contribution in [3.63, 3.8) is 0 Å². The SMILES string of the molecule is CC(=O)OC[C@@H](O)[C@H](OC(C)=O)[C@H](OC(C)=O)[C@H](C=O)NC(=O)CN=[N+]=[N-]. The first-order valence-corrected chi connectivity index (χ1v) is 7.53. The molecule has 0 saturated heterocycles. The number of aldehydes is 1. The first-order chi connectivity index (χ1) is 12.6.